The van der Waals surface area contributed by atoms with Gasteiger partial charge in [-0.15, -0.1) is 23.8 Å². The van der Waals surface area contributed by atoms with Crippen LogP contribution in [0.4, 0.5) is 0 Å². The number of nitriles is 1. The van der Waals surface area contributed by atoms with Crippen LogP contribution in [0.3, 0.4) is 0 Å². The summed E-state index contributed by atoms with van der Waals surface area (Å²) in [7, 11) is 0. The second-order valence-electron chi connectivity index (χ2n) is 12.4. The molecule has 2 heterocycles. The van der Waals surface area contributed by atoms with Gasteiger partial charge in [0.15, 0.2) is 0 Å². The van der Waals surface area contributed by atoms with Crippen LogP contribution in [0.1, 0.15) is 31.9 Å². The summed E-state index contributed by atoms with van der Waals surface area (Å²) in [6.45, 7) is 6.49. The standard InChI is InChI=1S/C41H31N4O.Pt/c1-41(2,3)32-17-18-38(46)35(25-32)40-44-39-34(15-10-16-37(39)45(40)33-13-8-5-9-14-33)30-22-29(28-11-6-4-7-12-28)23-31(24-30)36-21-27(26-42)19-20-43-36;/h4-23,25,46H,1-3H3;/q-1;. The van der Waals surface area contributed by atoms with Gasteiger partial charge in [-0.2, -0.15) is 5.26 Å². The number of benzene rings is 5. The van der Waals surface area contributed by atoms with Gasteiger partial charge >= 0.3 is 0 Å². The van der Waals surface area contributed by atoms with Crippen molar-refractivity contribution >= 4 is 11.0 Å². The maximum atomic E-state index is 11.2. The van der Waals surface area contributed by atoms with Gasteiger partial charge in [0.25, 0.3) is 0 Å². The van der Waals surface area contributed by atoms with Crippen LogP contribution in [0.2, 0.25) is 0 Å². The van der Waals surface area contributed by atoms with Crippen LogP contribution >= 0.6 is 0 Å². The Kier molecular flexibility index (Phi) is 8.65. The van der Waals surface area contributed by atoms with E-state index in [1.807, 2.05) is 54.6 Å². The molecule has 0 atom stereocenters. The maximum Gasteiger partial charge on any atom is 0.148 e. The number of aromatic nitrogens is 3. The Bertz CT molecular complexity index is 2260. The number of para-hydroxylation sites is 2. The predicted molar refractivity (Wildman–Crippen MR) is 185 cm³/mol. The van der Waals surface area contributed by atoms with Crippen molar-refractivity contribution < 1.29 is 26.2 Å². The molecule has 0 radical (unpaired) electrons. The number of phenols is 1. The summed E-state index contributed by atoms with van der Waals surface area (Å²) in [4.78, 5) is 9.87. The molecule has 2 aromatic heterocycles. The van der Waals surface area contributed by atoms with Gasteiger partial charge in [-0.1, -0.05) is 110 Å². The zero-order valence-electron chi connectivity index (χ0n) is 26.2. The third-order valence-corrected chi connectivity index (χ3v) is 8.23. The van der Waals surface area contributed by atoms with Crippen LogP contribution in [-0.2, 0) is 26.5 Å². The second-order valence-corrected chi connectivity index (χ2v) is 12.4. The average Bonchev–Trinajstić information content (AvgIpc) is 3.48. The molecule has 0 saturated heterocycles. The molecular formula is C41H31N4OPt-. The number of hydrogen-bond acceptors (Lipinski definition) is 4. The van der Waals surface area contributed by atoms with Crippen molar-refractivity contribution in [2.45, 2.75) is 26.2 Å². The molecule has 0 unspecified atom stereocenters. The molecule has 0 bridgehead atoms. The van der Waals surface area contributed by atoms with Gasteiger partial charge < -0.3 is 5.11 Å². The van der Waals surface area contributed by atoms with Crippen LogP contribution in [0, 0.1) is 17.4 Å². The molecule has 6 heteroatoms. The largest absolute Gasteiger partial charge is 0.507 e. The van der Waals surface area contributed by atoms with Gasteiger partial charge in [0.2, 0.25) is 0 Å². The van der Waals surface area contributed by atoms with Gasteiger partial charge in [-0.25, -0.2) is 4.98 Å². The van der Waals surface area contributed by atoms with E-state index in [0.717, 1.165) is 50.1 Å². The van der Waals surface area contributed by atoms with Crippen molar-refractivity contribution in [3.05, 3.63) is 145 Å². The van der Waals surface area contributed by atoms with E-state index in [2.05, 4.69) is 91.0 Å². The minimum Gasteiger partial charge on any atom is -0.507 e. The van der Waals surface area contributed by atoms with Gasteiger partial charge in [0.1, 0.15) is 11.6 Å². The summed E-state index contributed by atoms with van der Waals surface area (Å²) in [5.41, 5.74) is 10.1. The van der Waals surface area contributed by atoms with E-state index in [1.165, 1.54) is 0 Å². The first-order valence-electron chi connectivity index (χ1n) is 15.2. The van der Waals surface area contributed by atoms with Gasteiger partial charge in [0.05, 0.1) is 22.7 Å². The number of rotatable bonds is 5. The summed E-state index contributed by atoms with van der Waals surface area (Å²) in [6.07, 6.45) is 1.66. The SMILES string of the molecule is CC(C)(C)c1ccc(O)c(-c2nc3c(-c4[c-]c(-c5cc(C#N)ccn5)cc(-c5ccccc5)c4)cccc3n2-c2ccccc2)c1.[Pt]. The Morgan fingerprint density at radius 2 is 1.47 bits per heavy atom. The van der Waals surface area contributed by atoms with Gasteiger partial charge in [-0.05, 0) is 52.9 Å². The Morgan fingerprint density at radius 1 is 0.745 bits per heavy atom. The molecule has 0 aliphatic heterocycles. The second kappa shape index (κ2) is 12.8. The minimum absolute atomic E-state index is 0. The molecule has 7 aromatic rings. The van der Waals surface area contributed by atoms with Crippen molar-refractivity contribution in [2.75, 3.05) is 0 Å². The first-order valence-corrected chi connectivity index (χ1v) is 15.2. The molecular weight excluding hydrogens is 760 g/mol. The van der Waals surface area contributed by atoms with Gasteiger partial charge in [0, 0.05) is 44.2 Å². The van der Waals surface area contributed by atoms with E-state index in [9.17, 15) is 10.4 Å². The Labute approximate surface area is 289 Å². The van der Waals surface area contributed by atoms with Crippen molar-refractivity contribution in [1.82, 2.24) is 14.5 Å². The van der Waals surface area contributed by atoms with Crippen LogP contribution in [-0.4, -0.2) is 19.6 Å². The molecule has 1 N–H and O–H groups in total. The molecule has 0 amide bonds. The zero-order valence-corrected chi connectivity index (χ0v) is 28.4. The summed E-state index contributed by atoms with van der Waals surface area (Å²) < 4.78 is 2.11. The number of fused-ring (bicyclic) bond motifs is 1. The Balaban J connectivity index is 0.00000386. The van der Waals surface area contributed by atoms with E-state index in [-0.39, 0.29) is 32.2 Å². The Morgan fingerprint density at radius 3 is 2.19 bits per heavy atom. The van der Waals surface area contributed by atoms with Crippen LogP contribution in [0.15, 0.2) is 128 Å². The Hall–Kier alpha value is -5.30. The normalized spacial score (nSPS) is 11.2. The molecule has 0 spiro atoms. The third-order valence-electron chi connectivity index (χ3n) is 8.23. The zero-order chi connectivity index (χ0) is 31.8. The minimum atomic E-state index is -0.114. The van der Waals surface area contributed by atoms with Crippen molar-refractivity contribution in [3.8, 4) is 62.4 Å². The number of hydrogen-bond donors (Lipinski definition) is 1. The van der Waals surface area contributed by atoms with E-state index in [1.54, 1.807) is 24.4 Å². The molecule has 0 fully saturated rings. The maximum absolute atomic E-state index is 11.2. The molecule has 232 valence electrons. The van der Waals surface area contributed by atoms with Crippen molar-refractivity contribution in [2.24, 2.45) is 0 Å². The van der Waals surface area contributed by atoms with E-state index in [4.69, 9.17) is 4.98 Å². The number of nitrogens with zero attached hydrogens (tertiary/aromatic N) is 4. The summed E-state index contributed by atoms with van der Waals surface area (Å²) >= 11 is 0. The fourth-order valence-electron chi connectivity index (χ4n) is 5.82. The molecule has 0 aliphatic carbocycles. The third kappa shape index (κ3) is 6.13. The van der Waals surface area contributed by atoms with Crippen molar-refractivity contribution in [3.63, 3.8) is 0 Å². The molecule has 5 nitrogen and oxygen atoms in total. The van der Waals surface area contributed by atoms with Crippen LogP contribution in [0.5, 0.6) is 5.75 Å². The molecule has 0 aliphatic rings. The smallest absolute Gasteiger partial charge is 0.148 e. The van der Waals surface area contributed by atoms with E-state index >= 15 is 0 Å². The summed E-state index contributed by atoms with van der Waals surface area (Å²) in [6, 6.07) is 45.8. The fraction of sp³-hybridized carbons (Fsp3) is 0.0976. The molecule has 47 heavy (non-hydrogen) atoms. The first kappa shape index (κ1) is 31.7. The van der Waals surface area contributed by atoms with Gasteiger partial charge in [-0.3, -0.25) is 9.55 Å². The quantitative estimate of drug-likeness (QED) is 0.176. The monoisotopic (exact) mass is 790 g/mol. The predicted octanol–water partition coefficient (Wildman–Crippen LogP) is 9.76. The average molecular weight is 791 g/mol. The van der Waals surface area contributed by atoms with E-state index in [0.29, 0.717) is 22.6 Å². The van der Waals surface area contributed by atoms with Crippen LogP contribution < -0.4 is 0 Å². The summed E-state index contributed by atoms with van der Waals surface area (Å²) in [5.74, 6) is 0.825. The molecule has 0 saturated carbocycles. The molecule has 7 rings (SSSR count). The number of phenolic OH excluding ortho intramolecular Hbond substituents is 1. The van der Waals surface area contributed by atoms with Crippen LogP contribution in [0.25, 0.3) is 61.6 Å². The van der Waals surface area contributed by atoms with Crippen molar-refractivity contribution in [1.29, 1.82) is 5.26 Å². The number of aromatic hydroxyl groups is 1. The number of pyridine rings is 1. The summed E-state index contributed by atoms with van der Waals surface area (Å²) in [5, 5.41) is 20.8. The fourth-order valence-corrected chi connectivity index (χ4v) is 5.82. The molecule has 5 aromatic carbocycles. The topological polar surface area (TPSA) is 74.7 Å². The first-order chi connectivity index (χ1) is 22.3. The van der Waals surface area contributed by atoms with E-state index < -0.39 is 0 Å². The number of imidazole rings is 1.